The Labute approximate surface area is 164 Å². The van der Waals surface area contributed by atoms with Crippen LogP contribution < -0.4 is 4.90 Å². The summed E-state index contributed by atoms with van der Waals surface area (Å²) < 4.78 is 37.7. The van der Waals surface area contributed by atoms with E-state index in [1.807, 2.05) is 13.0 Å². The number of nitrogens with one attached hydrogen (secondary N) is 1. The first kappa shape index (κ1) is 19.4. The molecule has 4 rings (SSSR count). The summed E-state index contributed by atoms with van der Waals surface area (Å²) in [7, 11) is 1.21. The molecule has 0 aromatic carbocycles. The van der Waals surface area contributed by atoms with Gasteiger partial charge in [-0.05, 0) is 25.8 Å². The van der Waals surface area contributed by atoms with Gasteiger partial charge in [-0.3, -0.25) is 4.79 Å². The molecule has 154 valence electrons. The zero-order valence-corrected chi connectivity index (χ0v) is 16.1. The summed E-state index contributed by atoms with van der Waals surface area (Å²) in [6.45, 7) is 1.72. The van der Waals surface area contributed by atoms with Gasteiger partial charge in [0.25, 0.3) is 0 Å². The van der Waals surface area contributed by atoms with E-state index in [2.05, 4.69) is 24.8 Å². The number of carbonyl (C=O) groups excluding carboxylic acids is 1. The van der Waals surface area contributed by atoms with Crippen LogP contribution in [0.1, 0.15) is 18.7 Å². The number of rotatable bonds is 3. The lowest BCUT2D eigenvalue weighted by Crippen LogP contribution is -2.44. The minimum Gasteiger partial charge on any atom is -0.356 e. The van der Waals surface area contributed by atoms with Crippen LogP contribution >= 0.6 is 0 Å². The molecule has 0 atom stereocenters. The lowest BCUT2D eigenvalue weighted by atomic mass is 9.95. The molecule has 7 nitrogen and oxygen atoms in total. The van der Waals surface area contributed by atoms with Gasteiger partial charge in [0, 0.05) is 37.6 Å². The molecule has 1 fully saturated rings. The molecule has 0 bridgehead atoms. The van der Waals surface area contributed by atoms with Gasteiger partial charge in [-0.1, -0.05) is 0 Å². The summed E-state index contributed by atoms with van der Waals surface area (Å²) in [6, 6.07) is 1.89. The third-order valence-electron chi connectivity index (χ3n) is 5.28. The van der Waals surface area contributed by atoms with E-state index < -0.39 is 24.5 Å². The number of hydrogen-bond donors (Lipinski definition) is 1. The summed E-state index contributed by atoms with van der Waals surface area (Å²) in [5, 5.41) is 1.81. The van der Waals surface area contributed by atoms with Gasteiger partial charge in [0.15, 0.2) is 5.65 Å². The lowest BCUT2D eigenvalue weighted by Gasteiger charge is -2.34. The van der Waals surface area contributed by atoms with Crippen molar-refractivity contribution in [3.05, 3.63) is 24.3 Å². The molecule has 29 heavy (non-hydrogen) atoms. The number of anilines is 1. The standard InChI is InChI=1S/C19H21F3N6O/c1-11-25-14-9-24-16-13(3-6-23-16)15(14)17(26-11)28-7-4-12(5-8-28)18(29)27(2)10-19(20,21)22/h3,6,9,12H,4-5,7-8,10H2,1-2H3,(H,25,26). The van der Waals surface area contributed by atoms with Crippen LogP contribution in [0.5, 0.6) is 0 Å². The first-order chi connectivity index (χ1) is 13.7. The predicted molar refractivity (Wildman–Crippen MR) is 103 cm³/mol. The van der Waals surface area contributed by atoms with Crippen LogP contribution in [0.3, 0.4) is 0 Å². The van der Waals surface area contributed by atoms with Crippen LogP contribution in [-0.4, -0.2) is 63.6 Å². The molecule has 1 aliphatic rings. The third kappa shape index (κ3) is 3.83. The monoisotopic (exact) mass is 406 g/mol. The number of alkyl halides is 3. The van der Waals surface area contributed by atoms with Crippen molar-refractivity contribution in [2.75, 3.05) is 31.6 Å². The van der Waals surface area contributed by atoms with Gasteiger partial charge >= 0.3 is 6.18 Å². The first-order valence-corrected chi connectivity index (χ1v) is 9.39. The second-order valence-corrected chi connectivity index (χ2v) is 7.45. The Morgan fingerprint density at radius 3 is 2.72 bits per heavy atom. The van der Waals surface area contributed by atoms with Gasteiger partial charge in [-0.15, -0.1) is 0 Å². The Bertz CT molecular complexity index is 1060. The second kappa shape index (κ2) is 7.16. The number of H-pyrrole nitrogens is 1. The molecular formula is C19H21F3N6O. The number of aryl methyl sites for hydroxylation is 1. The molecule has 3 aromatic rings. The van der Waals surface area contributed by atoms with Crippen LogP contribution in [0.25, 0.3) is 21.9 Å². The molecule has 1 saturated heterocycles. The van der Waals surface area contributed by atoms with E-state index in [-0.39, 0.29) is 0 Å². The van der Waals surface area contributed by atoms with Gasteiger partial charge < -0.3 is 14.8 Å². The molecular weight excluding hydrogens is 385 g/mol. The molecule has 0 unspecified atom stereocenters. The minimum atomic E-state index is -4.39. The second-order valence-electron chi connectivity index (χ2n) is 7.45. The summed E-state index contributed by atoms with van der Waals surface area (Å²) in [5.74, 6) is 0.648. The van der Waals surface area contributed by atoms with Gasteiger partial charge in [-0.2, -0.15) is 13.2 Å². The van der Waals surface area contributed by atoms with Crippen molar-refractivity contribution in [2.24, 2.45) is 5.92 Å². The van der Waals surface area contributed by atoms with Crippen LogP contribution in [0.2, 0.25) is 0 Å². The highest BCUT2D eigenvalue weighted by atomic mass is 19.4. The molecule has 3 aromatic heterocycles. The van der Waals surface area contributed by atoms with Gasteiger partial charge in [0.1, 0.15) is 18.2 Å². The van der Waals surface area contributed by atoms with E-state index in [4.69, 9.17) is 0 Å². The molecule has 1 aliphatic heterocycles. The van der Waals surface area contributed by atoms with Crippen molar-refractivity contribution in [3.8, 4) is 0 Å². The van der Waals surface area contributed by atoms with E-state index in [0.29, 0.717) is 31.6 Å². The largest absolute Gasteiger partial charge is 0.406 e. The number of aromatic amines is 1. The number of fused-ring (bicyclic) bond motifs is 3. The number of carbonyl (C=O) groups is 1. The van der Waals surface area contributed by atoms with E-state index >= 15 is 0 Å². The van der Waals surface area contributed by atoms with E-state index in [0.717, 1.165) is 32.8 Å². The van der Waals surface area contributed by atoms with E-state index in [1.165, 1.54) is 7.05 Å². The summed E-state index contributed by atoms with van der Waals surface area (Å²) >= 11 is 0. The molecule has 1 N–H and O–H groups in total. The van der Waals surface area contributed by atoms with Crippen molar-refractivity contribution in [1.29, 1.82) is 0 Å². The zero-order valence-electron chi connectivity index (χ0n) is 16.1. The number of aromatic nitrogens is 4. The Morgan fingerprint density at radius 2 is 2.03 bits per heavy atom. The van der Waals surface area contributed by atoms with Crippen LogP contribution in [0.15, 0.2) is 18.5 Å². The van der Waals surface area contributed by atoms with Crippen LogP contribution in [0.4, 0.5) is 19.0 Å². The molecule has 0 saturated carbocycles. The summed E-state index contributed by atoms with van der Waals surface area (Å²) in [5.41, 5.74) is 1.48. The molecule has 0 spiro atoms. The Balaban J connectivity index is 1.57. The number of piperidine rings is 1. The molecule has 1 amide bonds. The average Bonchev–Trinajstić information content (AvgIpc) is 3.14. The van der Waals surface area contributed by atoms with Gasteiger partial charge in [0.05, 0.1) is 17.1 Å². The maximum absolute atomic E-state index is 12.6. The highest BCUT2D eigenvalue weighted by molar-refractivity contribution is 6.09. The van der Waals surface area contributed by atoms with Crippen molar-refractivity contribution >= 4 is 33.7 Å². The van der Waals surface area contributed by atoms with Crippen LogP contribution in [-0.2, 0) is 4.79 Å². The maximum Gasteiger partial charge on any atom is 0.406 e. The zero-order chi connectivity index (χ0) is 20.8. The average molecular weight is 406 g/mol. The fourth-order valence-corrected chi connectivity index (χ4v) is 3.96. The van der Waals surface area contributed by atoms with E-state index in [1.54, 1.807) is 12.4 Å². The van der Waals surface area contributed by atoms with Gasteiger partial charge in [-0.25, -0.2) is 15.0 Å². The van der Waals surface area contributed by atoms with Crippen molar-refractivity contribution in [2.45, 2.75) is 25.9 Å². The number of hydrogen-bond acceptors (Lipinski definition) is 5. The Hall–Kier alpha value is -2.91. The SMILES string of the molecule is Cc1nc(N2CCC(C(=O)N(C)CC(F)(F)F)CC2)c2c(cnc3nccc32)[nH]1. The maximum atomic E-state index is 12.6. The molecule has 0 radical (unpaired) electrons. The summed E-state index contributed by atoms with van der Waals surface area (Å²) in [6.07, 6.45) is -0.00293. The highest BCUT2D eigenvalue weighted by Crippen LogP contribution is 2.33. The number of halogens is 3. The lowest BCUT2D eigenvalue weighted by molar-refractivity contribution is -0.161. The van der Waals surface area contributed by atoms with Crippen LogP contribution in [0, 0.1) is 12.8 Å². The first-order valence-electron chi connectivity index (χ1n) is 9.39. The molecule has 0 aliphatic carbocycles. The smallest absolute Gasteiger partial charge is 0.356 e. The Morgan fingerprint density at radius 1 is 1.31 bits per heavy atom. The third-order valence-corrected chi connectivity index (χ3v) is 5.28. The summed E-state index contributed by atoms with van der Waals surface area (Å²) in [4.78, 5) is 31.8. The van der Waals surface area contributed by atoms with Crippen molar-refractivity contribution in [1.82, 2.24) is 24.8 Å². The molecule has 10 heteroatoms. The van der Waals surface area contributed by atoms with Crippen molar-refractivity contribution < 1.29 is 18.0 Å². The minimum absolute atomic E-state index is 0.413. The number of pyridine rings is 1. The van der Waals surface area contributed by atoms with Gasteiger partial charge in [0.2, 0.25) is 5.91 Å². The van der Waals surface area contributed by atoms with Crippen molar-refractivity contribution in [3.63, 3.8) is 0 Å². The van der Waals surface area contributed by atoms with E-state index in [9.17, 15) is 18.0 Å². The number of nitrogens with zero attached hydrogens (tertiary/aromatic N) is 5. The normalized spacial score (nSPS) is 16.0. The highest BCUT2D eigenvalue weighted by Gasteiger charge is 2.35. The fraction of sp³-hybridized carbons (Fsp3) is 0.474. The topological polar surface area (TPSA) is 78.0 Å². The Kier molecular flexibility index (Phi) is 4.79. The molecule has 4 heterocycles. The predicted octanol–water partition coefficient (Wildman–Crippen LogP) is 3.05. The number of amides is 1. The fourth-order valence-electron chi connectivity index (χ4n) is 3.96. The quantitative estimate of drug-likeness (QED) is 0.723.